The Morgan fingerprint density at radius 3 is 2.57 bits per heavy atom. The van der Waals surface area contributed by atoms with Crippen LogP contribution < -0.4 is 0 Å². The molecule has 3 rings (SSSR count). The van der Waals surface area contributed by atoms with Crippen molar-refractivity contribution in [3.8, 4) is 0 Å². The molecule has 1 saturated carbocycles. The van der Waals surface area contributed by atoms with E-state index in [9.17, 15) is 13.2 Å². The average Bonchev–Trinajstić information content (AvgIpc) is 3.18. The Labute approximate surface area is 135 Å². The van der Waals surface area contributed by atoms with Gasteiger partial charge in [-0.1, -0.05) is 6.07 Å². The second-order valence-electron chi connectivity index (χ2n) is 5.93. The molecule has 1 amide bonds. The van der Waals surface area contributed by atoms with Gasteiger partial charge in [0.05, 0.1) is 17.2 Å². The van der Waals surface area contributed by atoms with Crippen LogP contribution in [0.25, 0.3) is 0 Å². The van der Waals surface area contributed by atoms with Crippen LogP contribution in [-0.4, -0.2) is 31.5 Å². The molecule has 1 aromatic heterocycles. The van der Waals surface area contributed by atoms with E-state index in [2.05, 4.69) is 0 Å². The van der Waals surface area contributed by atoms with Gasteiger partial charge in [0, 0.05) is 17.9 Å². The van der Waals surface area contributed by atoms with Crippen LogP contribution in [0.3, 0.4) is 0 Å². The van der Waals surface area contributed by atoms with E-state index in [1.807, 2.05) is 13.0 Å². The number of carbonyl (C=O) groups excluding carboxylic acids is 1. The Balaban J connectivity index is 1.93. The molecule has 1 aliphatic carbocycles. The Bertz CT molecular complexity index is 807. The van der Waals surface area contributed by atoms with Crippen molar-refractivity contribution >= 4 is 15.7 Å². The number of hydrogen-bond acceptors (Lipinski definition) is 4. The van der Waals surface area contributed by atoms with Gasteiger partial charge in [0.1, 0.15) is 5.76 Å². The maximum absolute atomic E-state index is 12.9. The highest BCUT2D eigenvalue weighted by Crippen LogP contribution is 2.35. The van der Waals surface area contributed by atoms with Gasteiger partial charge in [0.25, 0.3) is 5.91 Å². The summed E-state index contributed by atoms with van der Waals surface area (Å²) >= 11 is 0. The summed E-state index contributed by atoms with van der Waals surface area (Å²) in [5.74, 6) is 0.561. The van der Waals surface area contributed by atoms with E-state index >= 15 is 0 Å². The van der Waals surface area contributed by atoms with Crippen molar-refractivity contribution in [2.45, 2.75) is 36.7 Å². The zero-order chi connectivity index (χ0) is 16.6. The largest absolute Gasteiger partial charge is 0.467 e. The minimum atomic E-state index is -3.34. The fourth-order valence-corrected chi connectivity index (χ4v) is 3.35. The minimum Gasteiger partial charge on any atom is -0.467 e. The predicted molar refractivity (Wildman–Crippen MR) is 85.9 cm³/mol. The summed E-state index contributed by atoms with van der Waals surface area (Å²) in [6, 6.07) is 9.85. The molecule has 0 bridgehead atoms. The molecule has 1 atom stereocenters. The van der Waals surface area contributed by atoms with Crippen LogP contribution in [-0.2, 0) is 9.84 Å². The van der Waals surface area contributed by atoms with E-state index in [-0.39, 0.29) is 22.9 Å². The number of hydrogen-bond donors (Lipinski definition) is 0. The summed E-state index contributed by atoms with van der Waals surface area (Å²) in [6.45, 7) is 1.93. The zero-order valence-corrected chi connectivity index (χ0v) is 13.9. The van der Waals surface area contributed by atoms with Gasteiger partial charge in [-0.3, -0.25) is 4.79 Å². The molecule has 1 heterocycles. The molecule has 0 N–H and O–H groups in total. The van der Waals surface area contributed by atoms with Crippen LogP contribution in [0.4, 0.5) is 0 Å². The lowest BCUT2D eigenvalue weighted by Gasteiger charge is -2.28. The molecular weight excluding hydrogens is 314 g/mol. The van der Waals surface area contributed by atoms with Gasteiger partial charge in [-0.2, -0.15) is 0 Å². The van der Waals surface area contributed by atoms with E-state index in [1.165, 1.54) is 12.1 Å². The van der Waals surface area contributed by atoms with Crippen molar-refractivity contribution < 1.29 is 17.6 Å². The van der Waals surface area contributed by atoms with Crippen LogP contribution in [0.1, 0.15) is 41.9 Å². The molecule has 1 aromatic carbocycles. The topological polar surface area (TPSA) is 67.6 Å². The van der Waals surface area contributed by atoms with Crippen LogP contribution in [0.15, 0.2) is 52.0 Å². The van der Waals surface area contributed by atoms with Gasteiger partial charge >= 0.3 is 0 Å². The quantitative estimate of drug-likeness (QED) is 0.843. The summed E-state index contributed by atoms with van der Waals surface area (Å²) in [5, 5.41) is 0. The fourth-order valence-electron chi connectivity index (χ4n) is 2.69. The zero-order valence-electron chi connectivity index (χ0n) is 13.1. The molecule has 1 unspecified atom stereocenters. The highest BCUT2D eigenvalue weighted by Gasteiger charge is 2.37. The molecule has 23 heavy (non-hydrogen) atoms. The van der Waals surface area contributed by atoms with Crippen LogP contribution in [0.5, 0.6) is 0 Å². The van der Waals surface area contributed by atoms with Gasteiger partial charge in [0.15, 0.2) is 9.84 Å². The first-order chi connectivity index (χ1) is 10.9. The van der Waals surface area contributed by atoms with Crippen molar-refractivity contribution in [1.82, 2.24) is 4.90 Å². The molecule has 1 aliphatic rings. The molecule has 0 radical (unpaired) electrons. The van der Waals surface area contributed by atoms with E-state index < -0.39 is 9.84 Å². The van der Waals surface area contributed by atoms with Gasteiger partial charge in [-0.15, -0.1) is 0 Å². The lowest BCUT2D eigenvalue weighted by atomic mass is 10.1. The molecule has 5 nitrogen and oxygen atoms in total. The van der Waals surface area contributed by atoms with E-state index in [4.69, 9.17) is 4.42 Å². The number of amides is 1. The number of sulfone groups is 1. The molecule has 0 saturated heterocycles. The SMILES string of the molecule is CC(c1ccco1)N(C(=O)c1cccc(S(C)(=O)=O)c1)C1CC1. The summed E-state index contributed by atoms with van der Waals surface area (Å²) in [4.78, 5) is 14.9. The second-order valence-corrected chi connectivity index (χ2v) is 7.95. The Hall–Kier alpha value is -2.08. The van der Waals surface area contributed by atoms with Crippen molar-refractivity contribution in [3.05, 3.63) is 54.0 Å². The molecule has 1 fully saturated rings. The molecular formula is C17H19NO4S. The van der Waals surface area contributed by atoms with Gasteiger partial charge < -0.3 is 9.32 Å². The monoisotopic (exact) mass is 333 g/mol. The van der Waals surface area contributed by atoms with Crippen LogP contribution in [0, 0.1) is 0 Å². The maximum Gasteiger partial charge on any atom is 0.254 e. The van der Waals surface area contributed by atoms with Gasteiger partial charge in [0.2, 0.25) is 0 Å². The highest BCUT2D eigenvalue weighted by atomic mass is 32.2. The first-order valence-corrected chi connectivity index (χ1v) is 9.43. The Morgan fingerprint density at radius 1 is 1.26 bits per heavy atom. The molecule has 122 valence electrons. The van der Waals surface area contributed by atoms with E-state index in [0.29, 0.717) is 5.56 Å². The molecule has 6 heteroatoms. The summed E-state index contributed by atoms with van der Waals surface area (Å²) < 4.78 is 28.8. The number of rotatable bonds is 5. The lowest BCUT2D eigenvalue weighted by Crippen LogP contribution is -2.35. The lowest BCUT2D eigenvalue weighted by molar-refractivity contribution is 0.0652. The number of furan rings is 1. The third-order valence-electron chi connectivity index (χ3n) is 4.06. The second kappa shape index (κ2) is 5.85. The third-order valence-corrected chi connectivity index (χ3v) is 5.17. The minimum absolute atomic E-state index is 0.157. The Morgan fingerprint density at radius 2 is 2.00 bits per heavy atom. The van der Waals surface area contributed by atoms with Gasteiger partial charge in [-0.05, 0) is 50.1 Å². The molecule has 0 aliphatic heterocycles. The average molecular weight is 333 g/mol. The van der Waals surface area contributed by atoms with Gasteiger partial charge in [-0.25, -0.2) is 8.42 Å². The first-order valence-electron chi connectivity index (χ1n) is 7.54. The standard InChI is InChI=1S/C17H19NO4S/c1-12(16-7-4-10-22-16)18(14-8-9-14)17(19)13-5-3-6-15(11-13)23(2,20)21/h3-7,10-12,14H,8-9H2,1-2H3. The highest BCUT2D eigenvalue weighted by molar-refractivity contribution is 7.90. The van der Waals surface area contributed by atoms with Crippen molar-refractivity contribution in [1.29, 1.82) is 0 Å². The maximum atomic E-state index is 12.9. The van der Waals surface area contributed by atoms with Crippen molar-refractivity contribution in [3.63, 3.8) is 0 Å². The summed E-state index contributed by atoms with van der Waals surface area (Å²) in [6.07, 6.45) is 4.65. The number of benzene rings is 1. The van der Waals surface area contributed by atoms with Crippen LogP contribution >= 0.6 is 0 Å². The number of carbonyl (C=O) groups is 1. The third kappa shape index (κ3) is 3.32. The van der Waals surface area contributed by atoms with Crippen molar-refractivity contribution in [2.24, 2.45) is 0 Å². The summed E-state index contributed by atoms with van der Waals surface area (Å²) in [7, 11) is -3.34. The number of nitrogens with zero attached hydrogens (tertiary/aromatic N) is 1. The molecule has 0 spiro atoms. The first kappa shape index (κ1) is 15.8. The fraction of sp³-hybridized carbons (Fsp3) is 0.353. The predicted octanol–water partition coefficient (Wildman–Crippen LogP) is 3.05. The van der Waals surface area contributed by atoms with Crippen LogP contribution in [0.2, 0.25) is 0 Å². The van der Waals surface area contributed by atoms with E-state index in [0.717, 1.165) is 24.9 Å². The van der Waals surface area contributed by atoms with Crippen molar-refractivity contribution in [2.75, 3.05) is 6.26 Å². The normalized spacial score (nSPS) is 16.1. The Kier molecular flexibility index (Phi) is 4.02. The molecule has 2 aromatic rings. The smallest absolute Gasteiger partial charge is 0.254 e. The van der Waals surface area contributed by atoms with E-state index in [1.54, 1.807) is 29.4 Å². The summed E-state index contributed by atoms with van der Waals surface area (Å²) in [5.41, 5.74) is 0.387.